The van der Waals surface area contributed by atoms with E-state index >= 15 is 0 Å². The largest absolute Gasteiger partial charge is 0.462 e. The molecule has 1 aliphatic rings. The number of carbonyl (C=O) groups excluding carboxylic acids is 2. The highest BCUT2D eigenvalue weighted by Gasteiger charge is 2.31. The Kier molecular flexibility index (Phi) is 7.46. The number of aryl methyl sites for hydroxylation is 1. The molecular weight excluding hydrogens is 416 g/mol. The van der Waals surface area contributed by atoms with Gasteiger partial charge in [-0.1, -0.05) is 24.3 Å². The highest BCUT2D eigenvalue weighted by molar-refractivity contribution is 7.88. The van der Waals surface area contributed by atoms with Crippen molar-refractivity contribution in [2.75, 3.05) is 25.0 Å². The first-order chi connectivity index (χ1) is 14.8. The Hall–Kier alpha value is -2.71. The minimum Gasteiger partial charge on any atom is -0.462 e. The number of ether oxygens (including phenoxy) is 1. The lowest BCUT2D eigenvalue weighted by atomic mass is 9.97. The maximum Gasteiger partial charge on any atom is 0.338 e. The number of sulfonamides is 1. The van der Waals surface area contributed by atoms with Crippen molar-refractivity contribution in [3.8, 4) is 0 Å². The van der Waals surface area contributed by atoms with Crippen LogP contribution in [0.3, 0.4) is 0 Å². The molecule has 1 saturated heterocycles. The summed E-state index contributed by atoms with van der Waals surface area (Å²) >= 11 is 0. The number of piperidine rings is 1. The summed E-state index contributed by atoms with van der Waals surface area (Å²) < 4.78 is 32.0. The number of anilines is 1. The van der Waals surface area contributed by atoms with Crippen LogP contribution in [0.1, 0.15) is 41.3 Å². The number of nitrogens with one attached hydrogen (secondary N) is 1. The molecular formula is C23H28N2O5S. The van der Waals surface area contributed by atoms with E-state index < -0.39 is 16.0 Å². The van der Waals surface area contributed by atoms with E-state index in [1.807, 2.05) is 31.2 Å². The zero-order chi connectivity index (χ0) is 22.4. The zero-order valence-electron chi connectivity index (χ0n) is 17.8. The van der Waals surface area contributed by atoms with Gasteiger partial charge in [0.15, 0.2) is 0 Å². The molecule has 0 aliphatic carbocycles. The number of rotatable bonds is 7. The average Bonchev–Trinajstić information content (AvgIpc) is 2.76. The van der Waals surface area contributed by atoms with Crippen LogP contribution >= 0.6 is 0 Å². The third-order valence-electron chi connectivity index (χ3n) is 5.48. The standard InChI is InChI=1S/C23H28N2O5S/c1-3-30-23(27)19-8-10-21(11-9-19)24-22(26)18-12-14-25(15-13-18)31(28,29)16-20-7-5-4-6-17(20)2/h4-11,18H,3,12-16H2,1-2H3,(H,24,26). The average molecular weight is 445 g/mol. The second-order valence-corrected chi connectivity index (χ2v) is 9.61. The number of benzene rings is 2. The van der Waals surface area contributed by atoms with Crippen molar-refractivity contribution in [3.63, 3.8) is 0 Å². The fraction of sp³-hybridized carbons (Fsp3) is 0.391. The van der Waals surface area contributed by atoms with E-state index in [9.17, 15) is 18.0 Å². The van der Waals surface area contributed by atoms with Crippen LogP contribution in [0.4, 0.5) is 5.69 Å². The Bertz CT molecular complexity index is 1030. The van der Waals surface area contributed by atoms with Crippen LogP contribution in [-0.2, 0) is 25.3 Å². The number of hydrogen-bond acceptors (Lipinski definition) is 5. The normalized spacial score (nSPS) is 15.4. The molecule has 0 saturated carbocycles. The van der Waals surface area contributed by atoms with Crippen molar-refractivity contribution < 1.29 is 22.7 Å². The summed E-state index contributed by atoms with van der Waals surface area (Å²) in [6.07, 6.45) is 0.944. The van der Waals surface area contributed by atoms with Crippen LogP contribution in [0.25, 0.3) is 0 Å². The van der Waals surface area contributed by atoms with Gasteiger partial charge in [0.25, 0.3) is 0 Å². The minimum absolute atomic E-state index is 0.0245. The molecule has 0 radical (unpaired) electrons. The maximum atomic E-state index is 12.8. The summed E-state index contributed by atoms with van der Waals surface area (Å²) in [7, 11) is -3.43. The fourth-order valence-corrected chi connectivity index (χ4v) is 5.27. The van der Waals surface area contributed by atoms with Gasteiger partial charge in [-0.25, -0.2) is 17.5 Å². The molecule has 8 heteroatoms. The molecule has 7 nitrogen and oxygen atoms in total. The summed E-state index contributed by atoms with van der Waals surface area (Å²) in [5.41, 5.74) is 2.77. The Morgan fingerprint density at radius 2 is 1.71 bits per heavy atom. The molecule has 2 aromatic carbocycles. The second kappa shape index (κ2) is 10.1. The molecule has 1 aliphatic heterocycles. The molecule has 31 heavy (non-hydrogen) atoms. The van der Waals surface area contributed by atoms with Gasteiger partial charge in [-0.15, -0.1) is 0 Å². The van der Waals surface area contributed by atoms with Gasteiger partial charge in [-0.05, 0) is 62.1 Å². The van der Waals surface area contributed by atoms with Crippen molar-refractivity contribution in [1.29, 1.82) is 0 Å². The lowest BCUT2D eigenvalue weighted by Gasteiger charge is -2.30. The first-order valence-electron chi connectivity index (χ1n) is 10.4. The van der Waals surface area contributed by atoms with Gasteiger partial charge in [-0.3, -0.25) is 4.79 Å². The monoisotopic (exact) mass is 444 g/mol. The Morgan fingerprint density at radius 1 is 1.06 bits per heavy atom. The van der Waals surface area contributed by atoms with Crippen molar-refractivity contribution in [1.82, 2.24) is 4.31 Å². The number of amides is 1. The molecule has 2 aromatic rings. The molecule has 166 valence electrons. The van der Waals surface area contributed by atoms with Crippen LogP contribution in [0.2, 0.25) is 0 Å². The molecule has 0 unspecified atom stereocenters. The molecule has 0 bridgehead atoms. The lowest BCUT2D eigenvalue weighted by molar-refractivity contribution is -0.120. The molecule has 1 N–H and O–H groups in total. The predicted octanol–water partition coefficient (Wildman–Crippen LogP) is 3.35. The summed E-state index contributed by atoms with van der Waals surface area (Å²) in [5.74, 6) is -0.822. The maximum absolute atomic E-state index is 12.8. The van der Waals surface area contributed by atoms with Gasteiger partial charge < -0.3 is 10.1 Å². The second-order valence-electron chi connectivity index (χ2n) is 7.64. The van der Waals surface area contributed by atoms with Gasteiger partial charge in [0.05, 0.1) is 17.9 Å². The molecule has 0 aromatic heterocycles. The number of nitrogens with zero attached hydrogens (tertiary/aromatic N) is 1. The van der Waals surface area contributed by atoms with Crippen molar-refractivity contribution in [2.45, 2.75) is 32.4 Å². The molecule has 1 amide bonds. The van der Waals surface area contributed by atoms with Crippen molar-refractivity contribution in [2.24, 2.45) is 5.92 Å². The van der Waals surface area contributed by atoms with E-state index in [0.717, 1.165) is 11.1 Å². The number of carbonyl (C=O) groups is 2. The van der Waals surface area contributed by atoms with E-state index in [2.05, 4.69) is 5.32 Å². The molecule has 3 rings (SSSR count). The number of esters is 1. The summed E-state index contributed by atoms with van der Waals surface area (Å²) in [4.78, 5) is 24.3. The van der Waals surface area contributed by atoms with Gasteiger partial charge >= 0.3 is 5.97 Å². The third-order valence-corrected chi connectivity index (χ3v) is 7.31. The zero-order valence-corrected chi connectivity index (χ0v) is 18.7. The minimum atomic E-state index is -3.43. The number of hydrogen-bond donors (Lipinski definition) is 1. The molecule has 1 fully saturated rings. The van der Waals surface area contributed by atoms with Crippen LogP contribution in [-0.4, -0.2) is 44.3 Å². The highest BCUT2D eigenvalue weighted by Crippen LogP contribution is 2.24. The van der Waals surface area contributed by atoms with E-state index in [1.54, 1.807) is 31.2 Å². The van der Waals surface area contributed by atoms with Gasteiger partial charge in [0.1, 0.15) is 0 Å². The van der Waals surface area contributed by atoms with Gasteiger partial charge in [-0.2, -0.15) is 0 Å². The van der Waals surface area contributed by atoms with Gasteiger partial charge in [0.2, 0.25) is 15.9 Å². The predicted molar refractivity (Wildman–Crippen MR) is 119 cm³/mol. The first kappa shape index (κ1) is 23.0. The van der Waals surface area contributed by atoms with Crippen LogP contribution in [0.5, 0.6) is 0 Å². The summed E-state index contributed by atoms with van der Waals surface area (Å²) in [6.45, 7) is 4.60. The topological polar surface area (TPSA) is 92.8 Å². The Balaban J connectivity index is 1.53. The van der Waals surface area contributed by atoms with Crippen LogP contribution in [0.15, 0.2) is 48.5 Å². The quantitative estimate of drug-likeness (QED) is 0.661. The molecule has 0 atom stereocenters. The smallest absolute Gasteiger partial charge is 0.338 e. The van der Waals surface area contributed by atoms with Crippen molar-refractivity contribution >= 4 is 27.6 Å². The first-order valence-corrected chi connectivity index (χ1v) is 12.0. The van der Waals surface area contributed by atoms with Crippen LogP contribution in [0, 0.1) is 12.8 Å². The summed E-state index contributed by atoms with van der Waals surface area (Å²) in [6, 6.07) is 14.0. The third kappa shape index (κ3) is 5.92. The lowest BCUT2D eigenvalue weighted by Crippen LogP contribution is -2.41. The molecule has 0 spiro atoms. The van der Waals surface area contributed by atoms with E-state index in [0.29, 0.717) is 43.8 Å². The summed E-state index contributed by atoms with van der Waals surface area (Å²) in [5, 5.41) is 2.85. The van der Waals surface area contributed by atoms with E-state index in [-0.39, 0.29) is 17.6 Å². The van der Waals surface area contributed by atoms with E-state index in [1.165, 1.54) is 4.31 Å². The Labute approximate surface area is 183 Å². The fourth-order valence-electron chi connectivity index (χ4n) is 3.60. The Morgan fingerprint density at radius 3 is 2.32 bits per heavy atom. The SMILES string of the molecule is CCOC(=O)c1ccc(NC(=O)C2CCN(S(=O)(=O)Cc3ccccc3C)CC2)cc1. The van der Waals surface area contributed by atoms with Crippen molar-refractivity contribution in [3.05, 3.63) is 65.2 Å². The van der Waals surface area contributed by atoms with Gasteiger partial charge in [0, 0.05) is 24.7 Å². The highest BCUT2D eigenvalue weighted by atomic mass is 32.2. The van der Waals surface area contributed by atoms with E-state index in [4.69, 9.17) is 4.74 Å². The van der Waals surface area contributed by atoms with Crippen LogP contribution < -0.4 is 5.32 Å². The molecule has 1 heterocycles.